The van der Waals surface area contributed by atoms with Crippen LogP contribution in [0.4, 0.5) is 4.79 Å². The lowest BCUT2D eigenvalue weighted by Gasteiger charge is -2.43. The van der Waals surface area contributed by atoms with Crippen molar-refractivity contribution in [3.8, 4) is 0 Å². The van der Waals surface area contributed by atoms with Gasteiger partial charge >= 0.3 is 6.03 Å². The van der Waals surface area contributed by atoms with Crippen LogP contribution in [0.1, 0.15) is 38.5 Å². The van der Waals surface area contributed by atoms with Crippen LogP contribution in [0.25, 0.3) is 0 Å². The van der Waals surface area contributed by atoms with Gasteiger partial charge in [-0.3, -0.25) is 4.90 Å². The predicted molar refractivity (Wildman–Crippen MR) is 93.5 cm³/mol. The molecule has 2 heterocycles. The molecule has 5 heteroatoms. The molecule has 2 amide bonds. The summed E-state index contributed by atoms with van der Waals surface area (Å²) in [5.74, 6) is 0.757. The first-order chi connectivity index (χ1) is 10.5. The Kier molecular flexibility index (Phi) is 6.26. The Morgan fingerprint density at radius 1 is 1.45 bits per heavy atom. The first-order valence-corrected chi connectivity index (χ1v) is 9.14. The van der Waals surface area contributed by atoms with Crippen molar-refractivity contribution < 1.29 is 4.79 Å². The topological polar surface area (TPSA) is 44.4 Å². The number of carbonyl (C=O) groups is 1. The van der Waals surface area contributed by atoms with Gasteiger partial charge in [-0.15, -0.1) is 11.3 Å². The number of urea groups is 1. The number of nitrogens with one attached hydrogen (secondary N) is 2. The average Bonchev–Trinajstić information content (AvgIpc) is 2.99. The van der Waals surface area contributed by atoms with Gasteiger partial charge in [-0.1, -0.05) is 13.0 Å². The van der Waals surface area contributed by atoms with Crippen LogP contribution in [-0.2, 0) is 6.42 Å². The molecule has 1 fully saturated rings. The van der Waals surface area contributed by atoms with Crippen LogP contribution in [0.15, 0.2) is 17.5 Å². The van der Waals surface area contributed by atoms with E-state index in [1.807, 2.05) is 6.07 Å². The first-order valence-electron chi connectivity index (χ1n) is 8.26. The molecule has 0 aromatic carbocycles. The highest BCUT2D eigenvalue weighted by Gasteiger charge is 2.30. The number of piperidine rings is 1. The Labute approximate surface area is 138 Å². The number of likely N-dealkylation sites (tertiary alicyclic amines) is 1. The zero-order chi connectivity index (χ0) is 16.0. The Balaban J connectivity index is 1.68. The van der Waals surface area contributed by atoms with E-state index < -0.39 is 0 Å². The minimum atomic E-state index is -0.0605. The highest BCUT2D eigenvalue weighted by molar-refractivity contribution is 7.09. The third kappa shape index (κ3) is 5.29. The van der Waals surface area contributed by atoms with E-state index in [0.717, 1.165) is 25.4 Å². The summed E-state index contributed by atoms with van der Waals surface area (Å²) in [5.41, 5.74) is 0.0137. The van der Waals surface area contributed by atoms with Gasteiger partial charge in [0, 0.05) is 30.1 Å². The minimum Gasteiger partial charge on any atom is -0.338 e. The first kappa shape index (κ1) is 17.3. The molecule has 1 atom stereocenters. The number of nitrogens with zero attached hydrogens (tertiary/aromatic N) is 1. The summed E-state index contributed by atoms with van der Waals surface area (Å²) in [5, 5.41) is 8.04. The van der Waals surface area contributed by atoms with Crippen molar-refractivity contribution in [1.29, 1.82) is 0 Å². The second-order valence-electron chi connectivity index (χ2n) is 6.94. The van der Waals surface area contributed by atoms with Crippen molar-refractivity contribution in [1.82, 2.24) is 15.5 Å². The fraction of sp³-hybridized carbons (Fsp3) is 0.706. The monoisotopic (exact) mass is 323 g/mol. The van der Waals surface area contributed by atoms with E-state index in [9.17, 15) is 4.79 Å². The van der Waals surface area contributed by atoms with Crippen LogP contribution in [0.2, 0.25) is 0 Å². The van der Waals surface area contributed by atoms with Crippen molar-refractivity contribution in [2.24, 2.45) is 5.92 Å². The summed E-state index contributed by atoms with van der Waals surface area (Å²) in [6.07, 6.45) is 3.49. The zero-order valence-corrected chi connectivity index (χ0v) is 14.8. The fourth-order valence-corrected chi connectivity index (χ4v) is 3.67. The van der Waals surface area contributed by atoms with Crippen LogP contribution >= 0.6 is 11.3 Å². The minimum absolute atomic E-state index is 0.0137. The molecule has 22 heavy (non-hydrogen) atoms. The molecule has 0 saturated carbocycles. The molecule has 0 bridgehead atoms. The van der Waals surface area contributed by atoms with E-state index in [1.54, 1.807) is 11.3 Å². The standard InChI is InChI=1S/C17H29N3OS/c1-14-6-4-10-20(12-14)17(2,3)13-19-16(21)18-9-8-15-7-5-11-22-15/h5,7,11,14H,4,6,8-10,12-13H2,1-3H3,(H2,18,19,21). The maximum atomic E-state index is 11.9. The molecule has 124 valence electrons. The molecule has 1 unspecified atom stereocenters. The van der Waals surface area contributed by atoms with Gasteiger partial charge in [0.25, 0.3) is 0 Å². The van der Waals surface area contributed by atoms with Crippen molar-refractivity contribution in [3.05, 3.63) is 22.4 Å². The van der Waals surface area contributed by atoms with Crippen molar-refractivity contribution in [3.63, 3.8) is 0 Å². The molecule has 0 radical (unpaired) electrons. The third-order valence-electron chi connectivity index (χ3n) is 4.43. The lowest BCUT2D eigenvalue weighted by Crippen LogP contribution is -2.55. The van der Waals surface area contributed by atoms with E-state index in [0.29, 0.717) is 13.1 Å². The van der Waals surface area contributed by atoms with Crippen molar-refractivity contribution in [2.45, 2.75) is 45.6 Å². The molecule has 4 nitrogen and oxygen atoms in total. The van der Waals surface area contributed by atoms with E-state index in [2.05, 4.69) is 47.8 Å². The summed E-state index contributed by atoms with van der Waals surface area (Å²) < 4.78 is 0. The van der Waals surface area contributed by atoms with Gasteiger partial charge in [0.05, 0.1) is 0 Å². The average molecular weight is 324 g/mol. The Bertz CT molecular complexity index is 458. The Hall–Kier alpha value is -1.07. The lowest BCUT2D eigenvalue weighted by atomic mass is 9.93. The number of carbonyl (C=O) groups excluding carboxylic acids is 1. The largest absolute Gasteiger partial charge is 0.338 e. The van der Waals surface area contributed by atoms with Gasteiger partial charge in [0.1, 0.15) is 0 Å². The maximum Gasteiger partial charge on any atom is 0.314 e. The third-order valence-corrected chi connectivity index (χ3v) is 5.37. The summed E-state index contributed by atoms with van der Waals surface area (Å²) >= 11 is 1.73. The highest BCUT2D eigenvalue weighted by atomic mass is 32.1. The van der Waals surface area contributed by atoms with E-state index in [-0.39, 0.29) is 11.6 Å². The molecule has 0 spiro atoms. The SMILES string of the molecule is CC1CCCN(C(C)(C)CNC(=O)NCCc2cccs2)C1. The second kappa shape index (κ2) is 7.97. The van der Waals surface area contributed by atoms with E-state index >= 15 is 0 Å². The Morgan fingerprint density at radius 3 is 2.95 bits per heavy atom. The van der Waals surface area contributed by atoms with Gasteiger partial charge in [-0.05, 0) is 57.0 Å². The Morgan fingerprint density at radius 2 is 2.27 bits per heavy atom. The van der Waals surface area contributed by atoms with Crippen molar-refractivity contribution >= 4 is 17.4 Å². The summed E-state index contributed by atoms with van der Waals surface area (Å²) in [4.78, 5) is 15.7. The summed E-state index contributed by atoms with van der Waals surface area (Å²) in [6, 6.07) is 4.09. The van der Waals surface area contributed by atoms with Crippen LogP contribution in [0.3, 0.4) is 0 Å². The lowest BCUT2D eigenvalue weighted by molar-refractivity contribution is 0.0724. The number of thiophene rings is 1. The highest BCUT2D eigenvalue weighted by Crippen LogP contribution is 2.23. The fourth-order valence-electron chi connectivity index (χ4n) is 2.96. The predicted octanol–water partition coefficient (Wildman–Crippen LogP) is 3.10. The number of hydrogen-bond donors (Lipinski definition) is 2. The molecular formula is C17H29N3OS. The van der Waals surface area contributed by atoms with Crippen molar-refractivity contribution in [2.75, 3.05) is 26.2 Å². The maximum absolute atomic E-state index is 11.9. The smallest absolute Gasteiger partial charge is 0.314 e. The molecule has 0 aliphatic carbocycles. The summed E-state index contributed by atoms with van der Waals surface area (Å²) in [7, 11) is 0. The molecular weight excluding hydrogens is 294 g/mol. The molecule has 2 rings (SSSR count). The molecule has 1 aliphatic heterocycles. The van der Waals surface area contributed by atoms with E-state index in [4.69, 9.17) is 0 Å². The molecule has 1 aliphatic rings. The van der Waals surface area contributed by atoms with E-state index in [1.165, 1.54) is 17.7 Å². The van der Waals surface area contributed by atoms with Gasteiger partial charge in [-0.25, -0.2) is 4.79 Å². The van der Waals surface area contributed by atoms with Gasteiger partial charge in [0.2, 0.25) is 0 Å². The quantitative estimate of drug-likeness (QED) is 0.845. The van der Waals surface area contributed by atoms with Gasteiger partial charge < -0.3 is 10.6 Å². The zero-order valence-electron chi connectivity index (χ0n) is 14.0. The number of amides is 2. The molecule has 2 N–H and O–H groups in total. The normalized spacial score (nSPS) is 19.9. The van der Waals surface area contributed by atoms with Crippen LogP contribution in [-0.4, -0.2) is 42.6 Å². The van der Waals surface area contributed by atoms with Gasteiger partial charge in [-0.2, -0.15) is 0 Å². The van der Waals surface area contributed by atoms with Gasteiger partial charge in [0.15, 0.2) is 0 Å². The molecule has 1 aromatic rings. The molecule has 1 saturated heterocycles. The van der Waals surface area contributed by atoms with Crippen LogP contribution < -0.4 is 10.6 Å². The van der Waals surface area contributed by atoms with Crippen LogP contribution in [0.5, 0.6) is 0 Å². The number of hydrogen-bond acceptors (Lipinski definition) is 3. The summed E-state index contributed by atoms with van der Waals surface area (Å²) in [6.45, 7) is 10.4. The second-order valence-corrected chi connectivity index (χ2v) is 7.98. The molecule has 1 aromatic heterocycles. The van der Waals surface area contributed by atoms with Crippen LogP contribution in [0, 0.1) is 5.92 Å². The number of rotatable bonds is 6.